The molecule has 2 saturated heterocycles. The van der Waals surface area contributed by atoms with Gasteiger partial charge in [-0.15, -0.1) is 0 Å². The van der Waals surface area contributed by atoms with Crippen LogP contribution in [0, 0.1) is 22.7 Å². The van der Waals surface area contributed by atoms with Gasteiger partial charge >= 0.3 is 5.97 Å². The number of fused-ring (bicyclic) bond motifs is 2. The summed E-state index contributed by atoms with van der Waals surface area (Å²) < 4.78 is 11.6. The molecule has 3 aliphatic carbocycles. The fraction of sp³-hybridized carbons (Fsp3) is 0.810. The van der Waals surface area contributed by atoms with Crippen molar-refractivity contribution in [3.63, 3.8) is 0 Å². The number of rotatable bonds is 1. The van der Waals surface area contributed by atoms with E-state index in [9.17, 15) is 35.1 Å². The quantitative estimate of drug-likeness (QED) is 0.314. The lowest BCUT2D eigenvalue weighted by Crippen LogP contribution is -2.86. The summed E-state index contributed by atoms with van der Waals surface area (Å²) >= 11 is 0. The van der Waals surface area contributed by atoms with Gasteiger partial charge in [0.15, 0.2) is 11.9 Å². The highest BCUT2D eigenvalue weighted by Gasteiger charge is 2.89. The minimum absolute atomic E-state index is 0.0216. The Morgan fingerprint density at radius 3 is 2.47 bits per heavy atom. The van der Waals surface area contributed by atoms with E-state index in [0.29, 0.717) is 5.57 Å². The molecule has 5 N–H and O–H groups in total. The molecule has 1 spiro atoms. The van der Waals surface area contributed by atoms with Crippen molar-refractivity contribution in [2.45, 2.75) is 75.3 Å². The Hall–Kier alpha value is -1.36. The number of aliphatic hydroxyl groups is 5. The van der Waals surface area contributed by atoms with Gasteiger partial charge in [-0.3, -0.25) is 4.79 Å². The molecule has 11 unspecified atom stereocenters. The van der Waals surface area contributed by atoms with Crippen molar-refractivity contribution in [1.82, 2.24) is 0 Å². The fourth-order valence-electron chi connectivity index (χ4n) is 7.96. The lowest BCUT2D eigenvalue weighted by Gasteiger charge is -2.70. The molecule has 2 heterocycles. The van der Waals surface area contributed by atoms with Crippen molar-refractivity contribution >= 4 is 11.8 Å². The van der Waals surface area contributed by atoms with Crippen LogP contribution in [-0.4, -0.2) is 85.6 Å². The van der Waals surface area contributed by atoms with Crippen LogP contribution in [0.15, 0.2) is 11.6 Å². The SMILES string of the molecule is CCC12OCC34C(CC5C(C)=CC(=O)C(O)C5(C)C3C(O)C1O)OC(=O)C(O)C24O. The molecule has 0 radical (unpaired) electrons. The van der Waals surface area contributed by atoms with E-state index in [1.807, 2.05) is 0 Å². The highest BCUT2D eigenvalue weighted by atomic mass is 16.6. The van der Waals surface area contributed by atoms with Crippen molar-refractivity contribution in [2.75, 3.05) is 6.61 Å². The van der Waals surface area contributed by atoms with Crippen molar-refractivity contribution in [2.24, 2.45) is 22.7 Å². The first-order chi connectivity index (χ1) is 13.9. The van der Waals surface area contributed by atoms with Gasteiger partial charge in [0.2, 0.25) is 0 Å². The summed E-state index contributed by atoms with van der Waals surface area (Å²) in [5.74, 6) is -3.07. The van der Waals surface area contributed by atoms with E-state index in [0.717, 1.165) is 0 Å². The van der Waals surface area contributed by atoms with E-state index < -0.39 is 76.1 Å². The van der Waals surface area contributed by atoms with E-state index in [1.165, 1.54) is 6.08 Å². The highest BCUT2D eigenvalue weighted by molar-refractivity contribution is 5.96. The molecular formula is C21H28O9. The summed E-state index contributed by atoms with van der Waals surface area (Å²) in [6, 6.07) is 0. The Balaban J connectivity index is 1.83. The van der Waals surface area contributed by atoms with Gasteiger partial charge in [0.05, 0.1) is 18.1 Å². The molecule has 11 atom stereocenters. The van der Waals surface area contributed by atoms with Crippen LogP contribution in [0.4, 0.5) is 0 Å². The minimum atomic E-state index is -2.26. The number of carbonyl (C=O) groups is 2. The number of ether oxygens (including phenoxy) is 2. The molecule has 9 heteroatoms. The van der Waals surface area contributed by atoms with Crippen molar-refractivity contribution in [3.05, 3.63) is 11.6 Å². The second kappa shape index (κ2) is 5.70. The van der Waals surface area contributed by atoms with Gasteiger partial charge < -0.3 is 35.0 Å². The van der Waals surface area contributed by atoms with Crippen LogP contribution in [0.3, 0.4) is 0 Å². The van der Waals surface area contributed by atoms with Gasteiger partial charge in [-0.2, -0.15) is 0 Å². The summed E-state index contributed by atoms with van der Waals surface area (Å²) in [5, 5.41) is 56.5. The number of allylic oxidation sites excluding steroid dienone is 1. The summed E-state index contributed by atoms with van der Waals surface area (Å²) in [4.78, 5) is 25.2. The zero-order valence-corrected chi connectivity index (χ0v) is 17.1. The predicted molar refractivity (Wildman–Crippen MR) is 98.7 cm³/mol. The Morgan fingerprint density at radius 2 is 1.83 bits per heavy atom. The minimum Gasteiger partial charge on any atom is -0.460 e. The van der Waals surface area contributed by atoms with Crippen LogP contribution in [0.25, 0.3) is 0 Å². The predicted octanol–water partition coefficient (Wildman–Crippen LogP) is -1.56. The number of carbonyl (C=O) groups excluding carboxylic acids is 2. The lowest BCUT2D eigenvalue weighted by molar-refractivity contribution is -0.354. The molecular weight excluding hydrogens is 396 g/mol. The van der Waals surface area contributed by atoms with Crippen LogP contribution < -0.4 is 0 Å². The molecule has 166 valence electrons. The average Bonchev–Trinajstić information content (AvgIpc) is 2.91. The third kappa shape index (κ3) is 1.73. The summed E-state index contributed by atoms with van der Waals surface area (Å²) in [7, 11) is 0. The van der Waals surface area contributed by atoms with Crippen LogP contribution in [0.1, 0.15) is 33.6 Å². The van der Waals surface area contributed by atoms with Crippen molar-refractivity contribution in [1.29, 1.82) is 0 Å². The van der Waals surface area contributed by atoms with Gasteiger partial charge in [0, 0.05) is 11.3 Å². The first-order valence-electron chi connectivity index (χ1n) is 10.5. The molecule has 5 rings (SSSR count). The molecule has 2 bridgehead atoms. The summed E-state index contributed by atoms with van der Waals surface area (Å²) in [6.45, 7) is 4.83. The number of ketones is 1. The molecule has 9 nitrogen and oxygen atoms in total. The largest absolute Gasteiger partial charge is 0.460 e. The van der Waals surface area contributed by atoms with Gasteiger partial charge in [-0.1, -0.05) is 19.4 Å². The van der Waals surface area contributed by atoms with E-state index in [-0.39, 0.29) is 19.4 Å². The topological polar surface area (TPSA) is 154 Å². The molecule has 0 amide bonds. The number of aliphatic hydroxyl groups excluding tert-OH is 4. The molecule has 0 aromatic rings. The van der Waals surface area contributed by atoms with Gasteiger partial charge in [-0.25, -0.2) is 4.79 Å². The maximum absolute atomic E-state index is 12.6. The second-order valence-corrected chi connectivity index (χ2v) is 9.93. The zero-order valence-electron chi connectivity index (χ0n) is 17.1. The maximum atomic E-state index is 12.6. The summed E-state index contributed by atoms with van der Waals surface area (Å²) in [6.07, 6.45) is -6.01. The smallest absolute Gasteiger partial charge is 0.338 e. The molecule has 0 aromatic heterocycles. The maximum Gasteiger partial charge on any atom is 0.338 e. The Labute approximate surface area is 173 Å². The Bertz CT molecular complexity index is 871. The van der Waals surface area contributed by atoms with Crippen LogP contribution in [0.2, 0.25) is 0 Å². The van der Waals surface area contributed by atoms with Gasteiger partial charge in [0.25, 0.3) is 0 Å². The Morgan fingerprint density at radius 1 is 1.17 bits per heavy atom. The highest BCUT2D eigenvalue weighted by Crippen LogP contribution is 2.73. The fourth-order valence-corrected chi connectivity index (χ4v) is 7.96. The standard InChI is InChI=1S/C21H28O9/c1-4-20-15(25)12(23)13-18(3)9(8(2)5-10(22)14(18)24)6-11-19(13,7-29-20)21(20,28)16(26)17(27)30-11/h5,9,11-16,23-26,28H,4,6-7H2,1-3H3. The van der Waals surface area contributed by atoms with Crippen molar-refractivity contribution < 1.29 is 44.6 Å². The molecule has 30 heavy (non-hydrogen) atoms. The molecule has 5 aliphatic rings. The molecule has 0 aromatic carbocycles. The van der Waals surface area contributed by atoms with Crippen LogP contribution in [-0.2, 0) is 19.1 Å². The van der Waals surface area contributed by atoms with E-state index >= 15 is 0 Å². The monoisotopic (exact) mass is 424 g/mol. The number of hydrogen-bond donors (Lipinski definition) is 5. The molecule has 4 fully saturated rings. The van der Waals surface area contributed by atoms with Gasteiger partial charge in [-0.05, 0) is 31.8 Å². The summed E-state index contributed by atoms with van der Waals surface area (Å²) in [5.41, 5.74) is -6.17. The third-order valence-electron chi connectivity index (χ3n) is 9.25. The second-order valence-electron chi connectivity index (χ2n) is 9.93. The lowest BCUT2D eigenvalue weighted by atomic mass is 9.36. The zero-order chi connectivity index (χ0) is 22.0. The number of hydrogen-bond acceptors (Lipinski definition) is 9. The van der Waals surface area contributed by atoms with Crippen LogP contribution >= 0.6 is 0 Å². The van der Waals surface area contributed by atoms with Crippen molar-refractivity contribution in [3.8, 4) is 0 Å². The normalized spacial score (nSPS) is 59.2. The number of esters is 1. The Kier molecular flexibility index (Phi) is 3.91. The van der Waals surface area contributed by atoms with Gasteiger partial charge in [0.1, 0.15) is 29.5 Å². The molecule has 2 saturated carbocycles. The van der Waals surface area contributed by atoms with E-state index in [4.69, 9.17) is 9.47 Å². The average molecular weight is 424 g/mol. The third-order valence-corrected chi connectivity index (χ3v) is 9.25. The first-order valence-corrected chi connectivity index (χ1v) is 10.5. The van der Waals surface area contributed by atoms with E-state index in [1.54, 1.807) is 20.8 Å². The van der Waals surface area contributed by atoms with E-state index in [2.05, 4.69) is 0 Å². The first kappa shape index (κ1) is 20.5. The molecule has 2 aliphatic heterocycles. The van der Waals surface area contributed by atoms with Crippen LogP contribution in [0.5, 0.6) is 0 Å².